The molecule has 0 aliphatic rings. The van der Waals surface area contributed by atoms with Crippen LogP contribution < -0.4 is 16.0 Å². The Morgan fingerprint density at radius 2 is 2.16 bits per heavy atom. The van der Waals surface area contributed by atoms with Gasteiger partial charge in [-0.15, -0.1) is 11.3 Å². The van der Waals surface area contributed by atoms with E-state index < -0.39 is 0 Å². The van der Waals surface area contributed by atoms with Crippen LogP contribution >= 0.6 is 27.3 Å². The first-order chi connectivity index (χ1) is 9.26. The number of anilines is 1. The van der Waals surface area contributed by atoms with E-state index >= 15 is 0 Å². The highest BCUT2D eigenvalue weighted by Crippen LogP contribution is 2.31. The molecular weight excluding hydrogens is 328 g/mol. The lowest BCUT2D eigenvalue weighted by molar-refractivity contribution is 0.469. The Bertz CT molecular complexity index is 731. The molecule has 0 spiro atoms. The number of nitrogens with zero attached hydrogens (tertiary/aromatic N) is 2. The van der Waals surface area contributed by atoms with Gasteiger partial charge in [0.2, 0.25) is 11.8 Å². The molecule has 0 saturated heterocycles. The highest BCUT2D eigenvalue weighted by atomic mass is 79.9. The van der Waals surface area contributed by atoms with Crippen molar-refractivity contribution >= 4 is 43.4 Å². The van der Waals surface area contributed by atoms with Crippen LogP contribution in [0.5, 0.6) is 11.6 Å². The minimum Gasteiger partial charge on any atom is -0.438 e. The second kappa shape index (κ2) is 5.12. The Morgan fingerprint density at radius 3 is 2.95 bits per heavy atom. The number of hydrogen-bond acceptors (Lipinski definition) is 6. The maximum atomic E-state index is 5.80. The van der Waals surface area contributed by atoms with Crippen molar-refractivity contribution in [1.82, 2.24) is 9.97 Å². The van der Waals surface area contributed by atoms with E-state index in [1.54, 1.807) is 0 Å². The zero-order valence-corrected chi connectivity index (χ0v) is 12.0. The molecule has 0 unspecified atom stereocenters. The van der Waals surface area contributed by atoms with Crippen molar-refractivity contribution in [1.29, 1.82) is 0 Å². The topological polar surface area (TPSA) is 73.1 Å². The molecule has 0 fully saturated rings. The Labute approximate surface area is 121 Å². The predicted octanol–water partition coefficient (Wildman–Crippen LogP) is 3.53. The third kappa shape index (κ3) is 2.53. The van der Waals surface area contributed by atoms with Crippen LogP contribution in [0.4, 0.5) is 5.95 Å². The van der Waals surface area contributed by atoms with Crippen LogP contribution in [0.2, 0.25) is 0 Å². The molecule has 2 aromatic heterocycles. The van der Waals surface area contributed by atoms with E-state index in [9.17, 15) is 0 Å². The second-order valence-electron chi connectivity index (χ2n) is 3.70. The van der Waals surface area contributed by atoms with Gasteiger partial charge < -0.3 is 4.74 Å². The molecule has 0 aliphatic carbocycles. The molecule has 7 heteroatoms. The quantitative estimate of drug-likeness (QED) is 0.565. The summed E-state index contributed by atoms with van der Waals surface area (Å²) in [4.78, 5) is 9.32. The van der Waals surface area contributed by atoms with Gasteiger partial charge in [-0.2, -0.15) is 4.98 Å². The van der Waals surface area contributed by atoms with Crippen molar-refractivity contribution < 1.29 is 4.74 Å². The van der Waals surface area contributed by atoms with Gasteiger partial charge in [-0.05, 0) is 29.6 Å². The lowest BCUT2D eigenvalue weighted by Crippen LogP contribution is -2.10. The van der Waals surface area contributed by atoms with E-state index in [0.717, 1.165) is 14.7 Å². The molecular formula is C12H9BrN4OS. The summed E-state index contributed by atoms with van der Waals surface area (Å²) in [5.41, 5.74) is 2.44. The van der Waals surface area contributed by atoms with Gasteiger partial charge in [-0.3, -0.25) is 5.43 Å². The molecule has 5 nitrogen and oxygen atoms in total. The summed E-state index contributed by atoms with van der Waals surface area (Å²) >= 11 is 4.91. The average molecular weight is 337 g/mol. The molecule has 2 heterocycles. The summed E-state index contributed by atoms with van der Waals surface area (Å²) in [5, 5.41) is 2.80. The van der Waals surface area contributed by atoms with Crippen molar-refractivity contribution in [3.63, 3.8) is 0 Å². The summed E-state index contributed by atoms with van der Waals surface area (Å²) in [6, 6.07) is 9.48. The van der Waals surface area contributed by atoms with Gasteiger partial charge in [0.25, 0.3) is 0 Å². The van der Waals surface area contributed by atoms with Crippen molar-refractivity contribution in [2.45, 2.75) is 0 Å². The molecule has 0 saturated carbocycles. The lowest BCUT2D eigenvalue weighted by atomic mass is 10.3. The fourth-order valence-corrected chi connectivity index (χ4v) is 2.75. The van der Waals surface area contributed by atoms with Gasteiger partial charge >= 0.3 is 0 Å². The molecule has 1 aromatic carbocycles. The van der Waals surface area contributed by atoms with Crippen LogP contribution in [0.3, 0.4) is 0 Å². The van der Waals surface area contributed by atoms with Gasteiger partial charge in [-0.25, -0.2) is 10.8 Å². The predicted molar refractivity (Wildman–Crippen MR) is 79.4 cm³/mol. The molecule has 19 heavy (non-hydrogen) atoms. The van der Waals surface area contributed by atoms with E-state index in [1.165, 1.54) is 11.3 Å². The molecule has 0 bridgehead atoms. The number of fused-ring (bicyclic) bond motifs is 1. The van der Waals surface area contributed by atoms with Crippen molar-refractivity contribution in [3.8, 4) is 11.6 Å². The van der Waals surface area contributed by atoms with Crippen molar-refractivity contribution in [2.24, 2.45) is 5.84 Å². The third-order valence-corrected chi connectivity index (χ3v) is 3.73. The third-order valence-electron chi connectivity index (χ3n) is 2.43. The largest absolute Gasteiger partial charge is 0.438 e. The number of benzene rings is 1. The normalized spacial score (nSPS) is 10.6. The Balaban J connectivity index is 2.06. The summed E-state index contributed by atoms with van der Waals surface area (Å²) in [6.07, 6.45) is 0. The molecule has 0 radical (unpaired) electrons. The number of ether oxygens (including phenoxy) is 1. The average Bonchev–Trinajstić information content (AvgIpc) is 2.87. The number of thiophene rings is 1. The number of nitrogen functional groups attached to an aromatic ring is 1. The number of nitrogens with two attached hydrogens (primary N) is 1. The molecule has 0 amide bonds. The molecule has 3 rings (SSSR count). The highest BCUT2D eigenvalue weighted by Gasteiger charge is 2.10. The van der Waals surface area contributed by atoms with Crippen LogP contribution in [-0.4, -0.2) is 9.97 Å². The highest BCUT2D eigenvalue weighted by molar-refractivity contribution is 9.10. The van der Waals surface area contributed by atoms with Crippen LogP contribution in [0.1, 0.15) is 0 Å². The van der Waals surface area contributed by atoms with Gasteiger partial charge in [-0.1, -0.05) is 22.0 Å². The van der Waals surface area contributed by atoms with Crippen LogP contribution in [-0.2, 0) is 0 Å². The van der Waals surface area contributed by atoms with Gasteiger partial charge in [0.15, 0.2) is 0 Å². The van der Waals surface area contributed by atoms with E-state index in [-0.39, 0.29) is 0 Å². The van der Waals surface area contributed by atoms with Crippen molar-refractivity contribution in [3.05, 3.63) is 40.2 Å². The number of nitrogens with one attached hydrogen (secondary N) is 1. The number of hydrogen-bond donors (Lipinski definition) is 2. The fourth-order valence-electron chi connectivity index (χ4n) is 1.61. The Morgan fingerprint density at radius 1 is 1.26 bits per heavy atom. The SMILES string of the molecule is NNc1nc(Oc2cccc(Br)c2)c2ccsc2n1. The summed E-state index contributed by atoms with van der Waals surface area (Å²) in [7, 11) is 0. The first-order valence-corrected chi connectivity index (χ1v) is 7.09. The number of hydrazine groups is 1. The maximum absolute atomic E-state index is 5.80. The van der Waals surface area contributed by atoms with E-state index in [1.807, 2.05) is 35.7 Å². The minimum absolute atomic E-state index is 0.333. The monoisotopic (exact) mass is 336 g/mol. The van der Waals surface area contributed by atoms with Crippen molar-refractivity contribution in [2.75, 3.05) is 5.43 Å². The first kappa shape index (κ1) is 12.3. The Hall–Kier alpha value is -1.70. The fraction of sp³-hybridized carbons (Fsp3) is 0. The van der Waals surface area contributed by atoms with Gasteiger partial charge in [0.05, 0.1) is 5.39 Å². The van der Waals surface area contributed by atoms with E-state index in [0.29, 0.717) is 17.6 Å². The zero-order valence-electron chi connectivity index (χ0n) is 9.63. The number of rotatable bonds is 3. The van der Waals surface area contributed by atoms with Gasteiger partial charge in [0, 0.05) is 4.47 Å². The maximum Gasteiger partial charge on any atom is 0.241 e. The lowest BCUT2D eigenvalue weighted by Gasteiger charge is -2.07. The zero-order chi connectivity index (χ0) is 13.2. The van der Waals surface area contributed by atoms with Gasteiger partial charge in [0.1, 0.15) is 10.6 Å². The number of halogens is 1. The van der Waals surface area contributed by atoms with E-state index in [2.05, 4.69) is 31.3 Å². The first-order valence-electron chi connectivity index (χ1n) is 5.41. The summed E-state index contributed by atoms with van der Waals surface area (Å²) in [6.45, 7) is 0. The summed E-state index contributed by atoms with van der Waals surface area (Å²) < 4.78 is 6.75. The van der Waals surface area contributed by atoms with Crippen LogP contribution in [0.15, 0.2) is 40.2 Å². The Kier molecular flexibility index (Phi) is 3.33. The smallest absolute Gasteiger partial charge is 0.241 e. The van der Waals surface area contributed by atoms with Crippen LogP contribution in [0.25, 0.3) is 10.2 Å². The molecule has 96 valence electrons. The minimum atomic E-state index is 0.333. The second-order valence-corrected chi connectivity index (χ2v) is 5.51. The molecule has 3 aromatic rings. The van der Waals surface area contributed by atoms with Crippen LogP contribution in [0, 0.1) is 0 Å². The summed E-state index contributed by atoms with van der Waals surface area (Å²) in [5.74, 6) is 6.88. The van der Waals surface area contributed by atoms with E-state index in [4.69, 9.17) is 10.6 Å². The molecule has 3 N–H and O–H groups in total. The standard InChI is InChI=1S/C12H9BrN4OS/c13-7-2-1-3-8(6-7)18-10-9-4-5-19-11(9)16-12(15-10)17-14/h1-6H,14H2,(H,15,16,17). The molecule has 0 aliphatic heterocycles. The molecule has 0 atom stereocenters. The number of aromatic nitrogens is 2.